The number of piperidine rings is 1. The first-order chi connectivity index (χ1) is 8.77. The quantitative estimate of drug-likeness (QED) is 0.314. The van der Waals surface area contributed by atoms with Gasteiger partial charge in [0.2, 0.25) is 0 Å². The molecule has 2 N–H and O–H groups in total. The van der Waals surface area contributed by atoms with Crippen molar-refractivity contribution in [1.82, 2.24) is 9.97 Å². The molecule has 2 heterocycles. The number of aromatic nitrogens is 2. The van der Waals surface area contributed by atoms with Crippen molar-refractivity contribution in [1.29, 1.82) is 10.7 Å². The maximum atomic E-state index is 8.90. The van der Waals surface area contributed by atoms with Gasteiger partial charge in [0, 0.05) is 31.1 Å². The molecule has 1 saturated heterocycles. The SMILES string of the molecule is N#CC(=N)c1c(NCl)n[c-]nc1N1CCCCC1.[K+]. The molecule has 0 unspecified atom stereocenters. The van der Waals surface area contributed by atoms with Gasteiger partial charge in [0.15, 0.2) is 0 Å². The second-order valence-electron chi connectivity index (χ2n) is 4.00. The van der Waals surface area contributed by atoms with Crippen LogP contribution in [0.5, 0.6) is 0 Å². The van der Waals surface area contributed by atoms with E-state index < -0.39 is 0 Å². The van der Waals surface area contributed by atoms with E-state index in [0.29, 0.717) is 11.4 Å². The van der Waals surface area contributed by atoms with Gasteiger partial charge in [-0.15, -0.1) is 0 Å². The topological polar surface area (TPSA) is 88.7 Å². The Morgan fingerprint density at radius 2 is 2.05 bits per heavy atom. The molecule has 0 saturated carbocycles. The van der Waals surface area contributed by atoms with E-state index in [4.69, 9.17) is 22.4 Å². The third-order valence-corrected chi connectivity index (χ3v) is 3.06. The van der Waals surface area contributed by atoms with Gasteiger partial charge in [0.1, 0.15) is 11.8 Å². The second-order valence-corrected chi connectivity index (χ2v) is 4.19. The van der Waals surface area contributed by atoms with E-state index >= 15 is 0 Å². The molecule has 0 aliphatic carbocycles. The molecule has 6 nitrogen and oxygen atoms in total. The maximum absolute atomic E-state index is 8.90. The zero-order valence-corrected chi connectivity index (χ0v) is 14.6. The summed E-state index contributed by atoms with van der Waals surface area (Å²) in [7, 11) is 0. The summed E-state index contributed by atoms with van der Waals surface area (Å²) in [4.78, 5) is 12.3. The minimum atomic E-state index is -0.201. The Morgan fingerprint density at radius 1 is 1.37 bits per heavy atom. The van der Waals surface area contributed by atoms with Gasteiger partial charge in [0.25, 0.3) is 0 Å². The Labute approximate surface area is 159 Å². The summed E-state index contributed by atoms with van der Waals surface area (Å²) < 4.78 is 0. The Kier molecular flexibility index (Phi) is 7.21. The van der Waals surface area contributed by atoms with Crippen molar-refractivity contribution < 1.29 is 51.4 Å². The predicted octanol–water partition coefficient (Wildman–Crippen LogP) is -1.27. The number of nitrogens with one attached hydrogen (secondary N) is 2. The van der Waals surface area contributed by atoms with E-state index in [0.717, 1.165) is 25.9 Å². The fourth-order valence-corrected chi connectivity index (χ4v) is 2.17. The van der Waals surface area contributed by atoms with Crippen LogP contribution in [0.4, 0.5) is 11.6 Å². The molecule has 0 spiro atoms. The van der Waals surface area contributed by atoms with Crippen LogP contribution in [0.15, 0.2) is 0 Å². The Bertz CT molecular complexity index is 494. The Hall–Kier alpha value is -0.234. The number of hydrogen-bond acceptors (Lipinski definition) is 6. The van der Waals surface area contributed by atoms with Crippen LogP contribution in [-0.2, 0) is 0 Å². The molecule has 2 rings (SSSR count). The van der Waals surface area contributed by atoms with E-state index in [9.17, 15) is 0 Å². The van der Waals surface area contributed by atoms with Crippen LogP contribution in [0.1, 0.15) is 24.8 Å². The van der Waals surface area contributed by atoms with Gasteiger partial charge in [-0.05, 0) is 30.2 Å². The zero-order chi connectivity index (χ0) is 13.0. The maximum Gasteiger partial charge on any atom is 1.00 e. The smallest absolute Gasteiger partial charge is 0.408 e. The van der Waals surface area contributed by atoms with Gasteiger partial charge >= 0.3 is 51.4 Å². The van der Waals surface area contributed by atoms with Crippen molar-refractivity contribution in [3.63, 3.8) is 0 Å². The summed E-state index contributed by atoms with van der Waals surface area (Å²) in [6.07, 6.45) is 5.85. The second kappa shape index (κ2) is 8.14. The van der Waals surface area contributed by atoms with Crippen LogP contribution in [0.3, 0.4) is 0 Å². The Balaban J connectivity index is 0.00000180. The third-order valence-electron chi connectivity index (χ3n) is 2.89. The normalized spacial score (nSPS) is 14.2. The molecule has 0 radical (unpaired) electrons. The van der Waals surface area contributed by atoms with Gasteiger partial charge in [-0.2, -0.15) is 5.26 Å². The van der Waals surface area contributed by atoms with E-state index in [1.807, 2.05) is 4.90 Å². The van der Waals surface area contributed by atoms with Gasteiger partial charge in [-0.3, -0.25) is 5.41 Å². The van der Waals surface area contributed by atoms with Gasteiger partial charge < -0.3 is 19.7 Å². The monoisotopic (exact) mass is 302 g/mol. The first-order valence-electron chi connectivity index (χ1n) is 5.66. The molecule has 0 bridgehead atoms. The molecule has 19 heavy (non-hydrogen) atoms. The molecular formula is C11H12ClKN6. The summed E-state index contributed by atoms with van der Waals surface area (Å²) >= 11 is 5.56. The predicted molar refractivity (Wildman–Crippen MR) is 68.8 cm³/mol. The van der Waals surface area contributed by atoms with Crippen molar-refractivity contribution in [3.8, 4) is 6.07 Å². The standard InChI is InChI=1S/C11H12ClN6.K/c12-17-10-9(8(14)6-13)11(16-7-15-10)18-4-2-1-3-5-18;/h14H,1-5H2,(H,15,16,17);/q-1;+1. The Morgan fingerprint density at radius 3 is 2.63 bits per heavy atom. The van der Waals surface area contributed by atoms with E-state index in [2.05, 4.69) is 21.1 Å². The minimum Gasteiger partial charge on any atom is -0.408 e. The van der Waals surface area contributed by atoms with E-state index in [1.54, 1.807) is 6.07 Å². The zero-order valence-electron chi connectivity index (χ0n) is 10.7. The molecule has 94 valence electrons. The van der Waals surface area contributed by atoms with Crippen molar-refractivity contribution in [3.05, 3.63) is 11.9 Å². The summed E-state index contributed by atoms with van der Waals surface area (Å²) in [6.45, 7) is 1.72. The average Bonchev–Trinajstić information content (AvgIpc) is 2.46. The van der Waals surface area contributed by atoms with Gasteiger partial charge in [-0.25, -0.2) is 0 Å². The number of nitrogens with zero attached hydrogens (tertiary/aromatic N) is 4. The molecule has 0 atom stereocenters. The average molecular weight is 303 g/mol. The largest absolute Gasteiger partial charge is 1.00 e. The fourth-order valence-electron chi connectivity index (χ4n) is 2.03. The molecule has 1 aromatic heterocycles. The van der Waals surface area contributed by atoms with Crippen LogP contribution in [0, 0.1) is 23.1 Å². The van der Waals surface area contributed by atoms with Crippen molar-refractivity contribution in [2.75, 3.05) is 22.8 Å². The molecule has 1 aromatic rings. The van der Waals surface area contributed by atoms with Crippen LogP contribution in [0.25, 0.3) is 0 Å². The van der Waals surface area contributed by atoms with Gasteiger partial charge in [-0.1, -0.05) is 6.42 Å². The number of rotatable bonds is 3. The first kappa shape index (κ1) is 16.8. The number of hydrogen-bond donors (Lipinski definition) is 2. The molecule has 1 aliphatic heterocycles. The molecule has 1 aliphatic rings. The summed E-state index contributed by atoms with van der Waals surface area (Å²) in [5.41, 5.74) is 0.140. The fraction of sp³-hybridized carbons (Fsp3) is 0.455. The molecule has 0 aromatic carbocycles. The number of halogens is 1. The summed E-state index contributed by atoms with van der Waals surface area (Å²) in [5, 5.41) is 16.6. The minimum absolute atomic E-state index is 0. The van der Waals surface area contributed by atoms with Crippen molar-refractivity contribution >= 4 is 29.1 Å². The van der Waals surface area contributed by atoms with Crippen molar-refractivity contribution in [2.24, 2.45) is 0 Å². The third kappa shape index (κ3) is 3.87. The first-order valence-corrected chi connectivity index (χ1v) is 6.04. The number of anilines is 2. The van der Waals surface area contributed by atoms with Crippen LogP contribution in [-0.4, -0.2) is 28.8 Å². The van der Waals surface area contributed by atoms with Gasteiger partial charge in [0.05, 0.1) is 0 Å². The number of nitriles is 1. The summed E-state index contributed by atoms with van der Waals surface area (Å²) in [6, 6.07) is 1.80. The molecule has 8 heteroatoms. The summed E-state index contributed by atoms with van der Waals surface area (Å²) in [5.74, 6) is 0.804. The van der Waals surface area contributed by atoms with Crippen molar-refractivity contribution in [2.45, 2.75) is 19.3 Å². The van der Waals surface area contributed by atoms with Crippen LogP contribution < -0.4 is 61.1 Å². The van der Waals surface area contributed by atoms with E-state index in [1.165, 1.54) is 6.42 Å². The van der Waals surface area contributed by atoms with Crippen LogP contribution >= 0.6 is 11.8 Å². The molecule has 0 amide bonds. The molecule has 1 fully saturated rings. The van der Waals surface area contributed by atoms with Crippen LogP contribution in [0.2, 0.25) is 0 Å². The molecular weight excluding hydrogens is 291 g/mol. The van der Waals surface area contributed by atoms with E-state index in [-0.39, 0.29) is 62.9 Å².